The van der Waals surface area contributed by atoms with Gasteiger partial charge in [-0.1, -0.05) is 43.3 Å². The third kappa shape index (κ3) is 4.36. The number of hydrogen-bond acceptors (Lipinski definition) is 4. The molecule has 1 aliphatic rings. The van der Waals surface area contributed by atoms with Gasteiger partial charge in [0, 0.05) is 18.1 Å². The number of rotatable bonds is 4. The normalized spacial score (nSPS) is 20.7. The van der Waals surface area contributed by atoms with Crippen LogP contribution in [0.4, 0.5) is 0 Å². The summed E-state index contributed by atoms with van der Waals surface area (Å²) in [5, 5.41) is 9.55. The zero-order valence-corrected chi connectivity index (χ0v) is 16.3. The highest BCUT2D eigenvalue weighted by Crippen LogP contribution is 2.25. The molecule has 0 aliphatic carbocycles. The quantitative estimate of drug-likeness (QED) is 0.759. The minimum atomic E-state index is 0.167. The van der Waals surface area contributed by atoms with E-state index in [9.17, 15) is 4.79 Å². The molecule has 2 atom stereocenters. The molecule has 0 spiro atoms. The number of amides is 1. The zero-order chi connectivity index (χ0) is 18.0. The molecule has 1 aromatic heterocycles. The van der Waals surface area contributed by atoms with E-state index in [2.05, 4.69) is 24.0 Å². The second-order valence-electron chi connectivity index (χ2n) is 6.95. The maximum atomic E-state index is 12.6. The highest BCUT2D eigenvalue weighted by atomic mass is 35.5. The summed E-state index contributed by atoms with van der Waals surface area (Å²) < 4.78 is 1.87. The third-order valence-electron chi connectivity index (χ3n) is 4.50. The van der Waals surface area contributed by atoms with Gasteiger partial charge in [-0.05, 0) is 42.9 Å². The van der Waals surface area contributed by atoms with E-state index >= 15 is 0 Å². The highest BCUT2D eigenvalue weighted by Gasteiger charge is 2.25. The molecule has 5 nitrogen and oxygen atoms in total. The highest BCUT2D eigenvalue weighted by molar-refractivity contribution is 7.99. The summed E-state index contributed by atoms with van der Waals surface area (Å²) in [6, 6.07) is 5.83. The lowest BCUT2D eigenvalue weighted by Crippen LogP contribution is -2.43. The number of aryl methyl sites for hydroxylation is 1. The van der Waals surface area contributed by atoms with Crippen LogP contribution in [0.25, 0.3) is 5.69 Å². The Morgan fingerprint density at radius 3 is 2.72 bits per heavy atom. The fourth-order valence-electron chi connectivity index (χ4n) is 3.32. The number of carbonyl (C=O) groups is 1. The molecule has 0 radical (unpaired) electrons. The number of piperidine rings is 1. The molecule has 134 valence electrons. The maximum Gasteiger partial charge on any atom is 0.233 e. The number of nitrogens with zero attached hydrogens (tertiary/aromatic N) is 4. The van der Waals surface area contributed by atoms with Gasteiger partial charge in [0.25, 0.3) is 0 Å². The minimum Gasteiger partial charge on any atom is -0.341 e. The lowest BCUT2D eigenvalue weighted by atomic mass is 9.92. The standard InChI is InChI=1S/C18H23ClN4OS/c1-12-6-13(2)9-22(8-12)17(24)10-25-18-21-20-11-23(18)15-5-4-14(3)16(19)7-15/h4-5,7,11-13H,6,8-10H2,1-3H3/t12-,13+. The second kappa shape index (κ2) is 7.79. The van der Waals surface area contributed by atoms with Gasteiger partial charge in [0.15, 0.2) is 5.16 Å². The number of carbonyl (C=O) groups excluding carboxylic acids is 1. The number of benzene rings is 1. The van der Waals surface area contributed by atoms with Gasteiger partial charge < -0.3 is 4.90 Å². The van der Waals surface area contributed by atoms with Gasteiger partial charge in [0.05, 0.1) is 11.4 Å². The average molecular weight is 379 g/mol. The third-order valence-corrected chi connectivity index (χ3v) is 5.83. The predicted octanol–water partition coefficient (Wildman–Crippen LogP) is 3.83. The molecule has 25 heavy (non-hydrogen) atoms. The van der Waals surface area contributed by atoms with E-state index in [0.717, 1.165) is 24.3 Å². The summed E-state index contributed by atoms with van der Waals surface area (Å²) in [5.74, 6) is 1.67. The first kappa shape index (κ1) is 18.3. The van der Waals surface area contributed by atoms with Gasteiger partial charge in [0.2, 0.25) is 5.91 Å². The summed E-state index contributed by atoms with van der Waals surface area (Å²) in [7, 11) is 0. The molecule has 1 aliphatic heterocycles. The van der Waals surface area contributed by atoms with Crippen LogP contribution in [-0.2, 0) is 4.79 Å². The van der Waals surface area contributed by atoms with Crippen LogP contribution in [0.3, 0.4) is 0 Å². The Bertz CT molecular complexity index is 753. The first-order chi connectivity index (χ1) is 11.9. The van der Waals surface area contributed by atoms with Crippen LogP contribution in [0.5, 0.6) is 0 Å². The van der Waals surface area contributed by atoms with Gasteiger partial charge in [-0.3, -0.25) is 9.36 Å². The molecule has 0 bridgehead atoms. The summed E-state index contributed by atoms with van der Waals surface area (Å²) in [6.07, 6.45) is 2.85. The molecular formula is C18H23ClN4OS. The van der Waals surface area contributed by atoms with Crippen molar-refractivity contribution in [2.24, 2.45) is 11.8 Å². The van der Waals surface area contributed by atoms with Crippen LogP contribution >= 0.6 is 23.4 Å². The Balaban J connectivity index is 1.67. The van der Waals surface area contributed by atoms with E-state index in [1.54, 1.807) is 6.33 Å². The van der Waals surface area contributed by atoms with Crippen LogP contribution < -0.4 is 0 Å². The Morgan fingerprint density at radius 2 is 2.04 bits per heavy atom. The lowest BCUT2D eigenvalue weighted by molar-refractivity contribution is -0.130. The number of thioether (sulfide) groups is 1. The largest absolute Gasteiger partial charge is 0.341 e. The summed E-state index contributed by atoms with van der Waals surface area (Å²) >= 11 is 7.64. The fraction of sp³-hybridized carbons (Fsp3) is 0.500. The topological polar surface area (TPSA) is 51.0 Å². The Kier molecular flexibility index (Phi) is 5.69. The molecule has 1 amide bonds. The monoisotopic (exact) mass is 378 g/mol. The van der Waals surface area contributed by atoms with E-state index in [4.69, 9.17) is 11.6 Å². The second-order valence-corrected chi connectivity index (χ2v) is 8.30. The number of hydrogen-bond donors (Lipinski definition) is 0. The zero-order valence-electron chi connectivity index (χ0n) is 14.8. The van der Waals surface area contributed by atoms with E-state index < -0.39 is 0 Å². The number of aromatic nitrogens is 3. The first-order valence-electron chi connectivity index (χ1n) is 8.51. The van der Waals surface area contributed by atoms with E-state index in [1.807, 2.05) is 34.6 Å². The van der Waals surface area contributed by atoms with Crippen molar-refractivity contribution in [1.29, 1.82) is 0 Å². The lowest BCUT2D eigenvalue weighted by Gasteiger charge is -2.34. The first-order valence-corrected chi connectivity index (χ1v) is 9.87. The SMILES string of the molecule is Cc1ccc(-n2cnnc2SCC(=O)N2C[C@H](C)C[C@H](C)C2)cc1Cl. The van der Waals surface area contributed by atoms with Crippen molar-refractivity contribution in [3.63, 3.8) is 0 Å². The average Bonchev–Trinajstić information content (AvgIpc) is 3.02. The van der Waals surface area contributed by atoms with E-state index in [0.29, 0.717) is 27.8 Å². The van der Waals surface area contributed by atoms with Gasteiger partial charge in [-0.2, -0.15) is 0 Å². The van der Waals surface area contributed by atoms with Crippen LogP contribution in [0, 0.1) is 18.8 Å². The molecule has 1 aromatic carbocycles. The Morgan fingerprint density at radius 1 is 1.32 bits per heavy atom. The van der Waals surface area contributed by atoms with Crippen molar-refractivity contribution in [1.82, 2.24) is 19.7 Å². The predicted molar refractivity (Wildman–Crippen MR) is 101 cm³/mol. The maximum absolute atomic E-state index is 12.6. The molecule has 2 heterocycles. The molecular weight excluding hydrogens is 356 g/mol. The molecule has 7 heteroatoms. The summed E-state index contributed by atoms with van der Waals surface area (Å²) in [4.78, 5) is 14.5. The Hall–Kier alpha value is -1.53. The van der Waals surface area contributed by atoms with E-state index in [-0.39, 0.29) is 5.91 Å². The van der Waals surface area contributed by atoms with Crippen molar-refractivity contribution >= 4 is 29.3 Å². The van der Waals surface area contributed by atoms with Crippen molar-refractivity contribution in [3.05, 3.63) is 35.1 Å². The van der Waals surface area contributed by atoms with Crippen molar-refractivity contribution in [2.75, 3.05) is 18.8 Å². The summed E-state index contributed by atoms with van der Waals surface area (Å²) in [6.45, 7) is 8.09. The molecule has 2 aromatic rings. The minimum absolute atomic E-state index is 0.167. The molecule has 1 fully saturated rings. The van der Waals surface area contributed by atoms with Gasteiger partial charge in [-0.25, -0.2) is 0 Å². The van der Waals surface area contributed by atoms with Gasteiger partial charge >= 0.3 is 0 Å². The van der Waals surface area contributed by atoms with Crippen molar-refractivity contribution in [2.45, 2.75) is 32.3 Å². The van der Waals surface area contributed by atoms with Crippen LogP contribution in [0.15, 0.2) is 29.7 Å². The van der Waals surface area contributed by atoms with Crippen molar-refractivity contribution < 1.29 is 4.79 Å². The van der Waals surface area contributed by atoms with Gasteiger partial charge in [-0.15, -0.1) is 10.2 Å². The van der Waals surface area contributed by atoms with Crippen molar-refractivity contribution in [3.8, 4) is 5.69 Å². The molecule has 1 saturated heterocycles. The molecule has 3 rings (SSSR count). The van der Waals surface area contributed by atoms with E-state index in [1.165, 1.54) is 18.2 Å². The molecule has 0 unspecified atom stereocenters. The van der Waals surface area contributed by atoms with Gasteiger partial charge in [0.1, 0.15) is 6.33 Å². The van der Waals surface area contributed by atoms with Crippen LogP contribution in [-0.4, -0.2) is 44.4 Å². The molecule has 0 saturated carbocycles. The smallest absolute Gasteiger partial charge is 0.233 e. The molecule has 0 N–H and O–H groups in total. The number of halogens is 1. The fourth-order valence-corrected chi connectivity index (χ4v) is 4.32. The summed E-state index contributed by atoms with van der Waals surface area (Å²) in [5.41, 5.74) is 1.92. The number of likely N-dealkylation sites (tertiary alicyclic amines) is 1. The Labute approximate surface area is 157 Å². The van der Waals surface area contributed by atoms with Crippen LogP contribution in [0.2, 0.25) is 5.02 Å². The van der Waals surface area contributed by atoms with Crippen LogP contribution in [0.1, 0.15) is 25.8 Å².